The zero-order valence-electron chi connectivity index (χ0n) is 7.94. The molecule has 0 saturated carbocycles. The van der Waals surface area contributed by atoms with Crippen molar-refractivity contribution in [2.45, 2.75) is 6.04 Å². The maximum absolute atomic E-state index is 10.1. The molecule has 0 fully saturated rings. The highest BCUT2D eigenvalue weighted by Gasteiger charge is 2.21. The molecule has 1 heterocycles. The number of hydrogen-bond acceptors (Lipinski definition) is 5. The zero-order valence-corrected chi connectivity index (χ0v) is 8.69. The van der Waals surface area contributed by atoms with Crippen LogP contribution in [0.15, 0.2) is 17.1 Å². The molecule has 0 spiro atoms. The van der Waals surface area contributed by atoms with Gasteiger partial charge in [0, 0.05) is 0 Å². The quantitative estimate of drug-likeness (QED) is 0.581. The maximum atomic E-state index is 10.1. The third-order valence-electron chi connectivity index (χ3n) is 2.07. The van der Waals surface area contributed by atoms with Crippen molar-refractivity contribution < 1.29 is 14.3 Å². The molecule has 1 aromatic rings. The highest BCUT2D eigenvalue weighted by atomic mass is 35.5. The van der Waals surface area contributed by atoms with Crippen LogP contribution in [0.25, 0.3) is 0 Å². The lowest BCUT2D eigenvalue weighted by Gasteiger charge is -2.05. The van der Waals surface area contributed by atoms with Gasteiger partial charge in [-0.05, 0) is 17.7 Å². The molecule has 0 amide bonds. The maximum Gasteiger partial charge on any atom is 0.236 e. The molecule has 0 aromatic heterocycles. The molecule has 16 heavy (non-hydrogen) atoms. The van der Waals surface area contributed by atoms with E-state index < -0.39 is 6.04 Å². The average molecular weight is 237 g/mol. The number of isocyanates is 1. The van der Waals surface area contributed by atoms with Crippen molar-refractivity contribution in [1.82, 2.24) is 0 Å². The van der Waals surface area contributed by atoms with Gasteiger partial charge in [-0.3, -0.25) is 0 Å². The number of benzene rings is 1. The normalized spacial score (nSPS) is 13.8. The summed E-state index contributed by atoms with van der Waals surface area (Å²) in [7, 11) is 0. The smallest absolute Gasteiger partial charge is 0.236 e. The van der Waals surface area contributed by atoms with E-state index in [2.05, 4.69) is 4.99 Å². The Morgan fingerprint density at radius 2 is 2.31 bits per heavy atom. The standard InChI is InChI=1S/C10H5ClN2O3/c11-7-1-6(8(3-12)13-4-14)2-9-10(7)16-5-15-9/h1-2,8H,5H2. The first-order valence-corrected chi connectivity index (χ1v) is 4.69. The van der Waals surface area contributed by atoms with Gasteiger partial charge in [0.2, 0.25) is 12.9 Å². The second-order valence-corrected chi connectivity index (χ2v) is 3.40. The van der Waals surface area contributed by atoms with Crippen LogP contribution in [-0.4, -0.2) is 12.9 Å². The summed E-state index contributed by atoms with van der Waals surface area (Å²) < 4.78 is 10.2. The molecular weight excluding hydrogens is 232 g/mol. The highest BCUT2D eigenvalue weighted by Crippen LogP contribution is 2.41. The number of fused-ring (bicyclic) bond motifs is 1. The van der Waals surface area contributed by atoms with Crippen molar-refractivity contribution in [3.63, 3.8) is 0 Å². The first-order valence-electron chi connectivity index (χ1n) is 4.32. The third-order valence-corrected chi connectivity index (χ3v) is 2.35. The van der Waals surface area contributed by atoms with Crippen LogP contribution in [0.5, 0.6) is 11.5 Å². The molecule has 0 aliphatic carbocycles. The Balaban J connectivity index is 2.47. The lowest BCUT2D eigenvalue weighted by molar-refractivity contribution is 0.174. The van der Waals surface area contributed by atoms with Gasteiger partial charge in [0.15, 0.2) is 17.5 Å². The number of aliphatic imine (C=N–C) groups is 1. The minimum absolute atomic E-state index is 0.0900. The molecule has 0 N–H and O–H groups in total. The van der Waals surface area contributed by atoms with Crippen LogP contribution in [0.3, 0.4) is 0 Å². The lowest BCUT2D eigenvalue weighted by Crippen LogP contribution is -1.93. The minimum Gasteiger partial charge on any atom is -0.454 e. The van der Waals surface area contributed by atoms with Gasteiger partial charge in [-0.2, -0.15) is 10.3 Å². The largest absolute Gasteiger partial charge is 0.454 e. The molecule has 5 nitrogen and oxygen atoms in total. The average Bonchev–Trinajstić information content (AvgIpc) is 2.74. The Kier molecular flexibility index (Phi) is 2.78. The summed E-state index contributed by atoms with van der Waals surface area (Å²) in [4.78, 5) is 13.5. The summed E-state index contributed by atoms with van der Waals surface area (Å²) in [6, 6.07) is 4.02. The van der Waals surface area contributed by atoms with Crippen LogP contribution < -0.4 is 9.47 Å². The van der Waals surface area contributed by atoms with Crippen molar-refractivity contribution >= 4 is 17.7 Å². The van der Waals surface area contributed by atoms with E-state index in [0.717, 1.165) is 0 Å². The fourth-order valence-corrected chi connectivity index (χ4v) is 1.65. The van der Waals surface area contributed by atoms with Gasteiger partial charge < -0.3 is 9.47 Å². The lowest BCUT2D eigenvalue weighted by atomic mass is 10.1. The van der Waals surface area contributed by atoms with Crippen LogP contribution in [0.1, 0.15) is 11.6 Å². The zero-order chi connectivity index (χ0) is 11.5. The molecular formula is C10H5ClN2O3. The Morgan fingerprint density at radius 3 is 3.00 bits per heavy atom. The molecule has 1 unspecified atom stereocenters. The highest BCUT2D eigenvalue weighted by molar-refractivity contribution is 6.32. The van der Waals surface area contributed by atoms with E-state index in [1.807, 2.05) is 6.07 Å². The van der Waals surface area contributed by atoms with E-state index in [-0.39, 0.29) is 6.79 Å². The molecule has 80 valence electrons. The summed E-state index contributed by atoms with van der Waals surface area (Å²) in [6.07, 6.45) is 1.34. The first kappa shape index (κ1) is 10.5. The molecule has 0 saturated heterocycles. The monoisotopic (exact) mass is 236 g/mol. The number of hydrogen-bond donors (Lipinski definition) is 0. The topological polar surface area (TPSA) is 71.7 Å². The number of nitrogens with zero attached hydrogens (tertiary/aromatic N) is 2. The van der Waals surface area contributed by atoms with Crippen LogP contribution in [0.2, 0.25) is 5.02 Å². The molecule has 6 heteroatoms. The molecule has 2 rings (SSSR count). The molecule has 1 aliphatic heterocycles. The number of carbonyl (C=O) groups excluding carboxylic acids is 1. The van der Waals surface area contributed by atoms with E-state index in [4.69, 9.17) is 26.3 Å². The molecule has 1 aliphatic rings. The Bertz CT molecular complexity index is 518. The SMILES string of the molecule is N#CC(N=C=O)c1cc(Cl)c2c(c1)OCO2. The van der Waals surface area contributed by atoms with Gasteiger partial charge in [0.05, 0.1) is 11.1 Å². The molecule has 1 aromatic carbocycles. The van der Waals surface area contributed by atoms with E-state index in [0.29, 0.717) is 22.1 Å². The molecule has 0 radical (unpaired) electrons. The third kappa shape index (κ3) is 1.72. The van der Waals surface area contributed by atoms with Crippen LogP contribution in [0, 0.1) is 11.3 Å². The van der Waals surface area contributed by atoms with Crippen molar-refractivity contribution in [3.8, 4) is 17.6 Å². The number of halogens is 1. The second kappa shape index (κ2) is 4.23. The van der Waals surface area contributed by atoms with E-state index >= 15 is 0 Å². The molecule has 1 atom stereocenters. The van der Waals surface area contributed by atoms with Crippen LogP contribution in [0.4, 0.5) is 0 Å². The van der Waals surface area contributed by atoms with Gasteiger partial charge in [0.1, 0.15) is 0 Å². The number of ether oxygens (including phenoxy) is 2. The van der Waals surface area contributed by atoms with Crippen molar-refractivity contribution in [1.29, 1.82) is 5.26 Å². The van der Waals surface area contributed by atoms with Crippen LogP contribution in [-0.2, 0) is 4.79 Å². The van der Waals surface area contributed by atoms with Crippen molar-refractivity contribution in [2.75, 3.05) is 6.79 Å². The number of rotatable bonds is 2. The molecule has 0 bridgehead atoms. The predicted molar refractivity (Wildman–Crippen MR) is 54.1 cm³/mol. The first-order chi connectivity index (χ1) is 7.76. The summed E-state index contributed by atoms with van der Waals surface area (Å²) in [6.45, 7) is 0.0900. The fourth-order valence-electron chi connectivity index (χ4n) is 1.38. The van der Waals surface area contributed by atoms with E-state index in [1.54, 1.807) is 6.07 Å². The van der Waals surface area contributed by atoms with Gasteiger partial charge in [0.25, 0.3) is 0 Å². The fraction of sp³-hybridized carbons (Fsp3) is 0.200. The Labute approximate surface area is 95.9 Å². The van der Waals surface area contributed by atoms with Gasteiger partial charge >= 0.3 is 0 Å². The van der Waals surface area contributed by atoms with Crippen molar-refractivity contribution in [2.24, 2.45) is 4.99 Å². The van der Waals surface area contributed by atoms with E-state index in [9.17, 15) is 4.79 Å². The summed E-state index contributed by atoms with van der Waals surface area (Å²) in [5.41, 5.74) is 0.472. The Morgan fingerprint density at radius 1 is 1.50 bits per heavy atom. The summed E-state index contributed by atoms with van der Waals surface area (Å²) in [5, 5.41) is 9.14. The summed E-state index contributed by atoms with van der Waals surface area (Å²) in [5.74, 6) is 0.890. The Hall–Kier alpha value is -2.02. The van der Waals surface area contributed by atoms with Gasteiger partial charge in [-0.1, -0.05) is 11.6 Å². The predicted octanol–water partition coefficient (Wildman–Crippen LogP) is 1.97. The van der Waals surface area contributed by atoms with Crippen LogP contribution >= 0.6 is 11.6 Å². The minimum atomic E-state index is -0.926. The van der Waals surface area contributed by atoms with Crippen molar-refractivity contribution in [3.05, 3.63) is 22.7 Å². The van der Waals surface area contributed by atoms with E-state index in [1.165, 1.54) is 12.1 Å². The van der Waals surface area contributed by atoms with Gasteiger partial charge in [-0.25, -0.2) is 4.79 Å². The van der Waals surface area contributed by atoms with Gasteiger partial charge in [-0.15, -0.1) is 0 Å². The summed E-state index contributed by atoms with van der Waals surface area (Å²) >= 11 is 5.92. The number of nitriles is 1. The second-order valence-electron chi connectivity index (χ2n) is 2.99.